The van der Waals surface area contributed by atoms with Gasteiger partial charge in [-0.15, -0.1) is 0 Å². The van der Waals surface area contributed by atoms with Gasteiger partial charge in [0.15, 0.2) is 11.6 Å². The molecule has 0 heterocycles. The maximum absolute atomic E-state index is 13.4. The molecule has 0 fully saturated rings. The van der Waals surface area contributed by atoms with Crippen LogP contribution in [0.1, 0.15) is 5.56 Å². The number of halogens is 2. The van der Waals surface area contributed by atoms with E-state index in [0.29, 0.717) is 17.3 Å². The van der Waals surface area contributed by atoms with Crippen LogP contribution >= 0.6 is 23.4 Å². The smallest absolute Gasteiger partial charge is 0.166 e. The quantitative estimate of drug-likeness (QED) is 0.552. The number of rotatable bonds is 5. The van der Waals surface area contributed by atoms with Gasteiger partial charge >= 0.3 is 0 Å². The third-order valence-corrected chi connectivity index (χ3v) is 5.10. The second-order valence-corrected chi connectivity index (χ2v) is 6.65. The van der Waals surface area contributed by atoms with Gasteiger partial charge in [-0.3, -0.25) is 0 Å². The van der Waals surface area contributed by atoms with Crippen LogP contribution in [0.3, 0.4) is 0 Å². The third-order valence-electron chi connectivity index (χ3n) is 3.46. The highest BCUT2D eigenvalue weighted by molar-refractivity contribution is 7.99. The molecule has 3 aromatic carbocycles. The third kappa shape index (κ3) is 4.02. The normalized spacial score (nSPS) is 10.6. The lowest BCUT2D eigenvalue weighted by atomic mass is 10.2. The molecule has 0 saturated heterocycles. The molecule has 24 heavy (non-hydrogen) atoms. The summed E-state index contributed by atoms with van der Waals surface area (Å²) in [6.45, 7) is 0.540. The fourth-order valence-corrected chi connectivity index (χ4v) is 3.43. The standard InChI is InChI=1S/C19H15ClFNOS/c20-15-6-2-4-8-19(15)24-18-7-3-1-5-13(18)12-22-14-9-10-17(23)16(21)11-14/h1-11,22-23H,12H2. The average molecular weight is 360 g/mol. The Kier molecular flexibility index (Phi) is 5.28. The molecule has 3 rings (SSSR count). The number of phenols is 1. The summed E-state index contributed by atoms with van der Waals surface area (Å²) in [6, 6.07) is 19.9. The average Bonchev–Trinajstić information content (AvgIpc) is 2.59. The van der Waals surface area contributed by atoms with Gasteiger partial charge in [0.05, 0.1) is 5.02 Å². The second kappa shape index (κ2) is 7.60. The van der Waals surface area contributed by atoms with Gasteiger partial charge < -0.3 is 10.4 Å². The molecule has 0 saturated carbocycles. The van der Waals surface area contributed by atoms with E-state index < -0.39 is 5.82 Å². The van der Waals surface area contributed by atoms with E-state index in [1.54, 1.807) is 17.8 Å². The summed E-state index contributed by atoms with van der Waals surface area (Å²) in [4.78, 5) is 2.07. The molecule has 0 atom stereocenters. The summed E-state index contributed by atoms with van der Waals surface area (Å²) in [5.41, 5.74) is 1.69. The predicted molar refractivity (Wildman–Crippen MR) is 97.4 cm³/mol. The van der Waals surface area contributed by atoms with E-state index >= 15 is 0 Å². The molecule has 0 aliphatic rings. The molecule has 0 spiro atoms. The minimum Gasteiger partial charge on any atom is -0.505 e. The van der Waals surface area contributed by atoms with Crippen molar-refractivity contribution in [1.82, 2.24) is 0 Å². The highest BCUT2D eigenvalue weighted by Gasteiger charge is 2.07. The van der Waals surface area contributed by atoms with E-state index in [1.807, 2.05) is 48.5 Å². The Morgan fingerprint density at radius 3 is 2.42 bits per heavy atom. The molecule has 3 aromatic rings. The van der Waals surface area contributed by atoms with Gasteiger partial charge in [-0.1, -0.05) is 53.7 Å². The largest absolute Gasteiger partial charge is 0.505 e. The number of hydrogen-bond donors (Lipinski definition) is 2. The fraction of sp³-hybridized carbons (Fsp3) is 0.0526. The SMILES string of the molecule is Oc1ccc(NCc2ccccc2Sc2ccccc2Cl)cc1F. The van der Waals surface area contributed by atoms with Crippen LogP contribution in [0.5, 0.6) is 5.75 Å². The summed E-state index contributed by atoms with van der Waals surface area (Å²) >= 11 is 7.83. The van der Waals surface area contributed by atoms with Crippen molar-refractivity contribution < 1.29 is 9.50 Å². The van der Waals surface area contributed by atoms with E-state index in [2.05, 4.69) is 5.32 Å². The van der Waals surface area contributed by atoms with Gasteiger partial charge in [0.2, 0.25) is 0 Å². The first-order chi connectivity index (χ1) is 11.6. The van der Waals surface area contributed by atoms with Crippen LogP contribution in [0, 0.1) is 5.82 Å². The van der Waals surface area contributed by atoms with E-state index in [4.69, 9.17) is 11.6 Å². The Morgan fingerprint density at radius 1 is 0.958 bits per heavy atom. The molecule has 0 amide bonds. The maximum Gasteiger partial charge on any atom is 0.166 e. The molecule has 2 N–H and O–H groups in total. The number of phenolic OH excluding ortho intramolecular Hbond substituents is 1. The summed E-state index contributed by atoms with van der Waals surface area (Å²) in [7, 11) is 0. The number of benzene rings is 3. The number of aromatic hydroxyl groups is 1. The van der Waals surface area contributed by atoms with Crippen LogP contribution in [0.4, 0.5) is 10.1 Å². The highest BCUT2D eigenvalue weighted by Crippen LogP contribution is 2.35. The lowest BCUT2D eigenvalue weighted by molar-refractivity contribution is 0.432. The molecule has 0 radical (unpaired) electrons. The summed E-state index contributed by atoms with van der Waals surface area (Å²) in [6.07, 6.45) is 0. The number of nitrogens with one attached hydrogen (secondary N) is 1. The molecular weight excluding hydrogens is 345 g/mol. The molecule has 0 unspecified atom stereocenters. The van der Waals surface area contributed by atoms with Crippen molar-refractivity contribution in [2.75, 3.05) is 5.32 Å². The number of anilines is 1. The molecule has 0 aliphatic heterocycles. The molecule has 5 heteroatoms. The van der Waals surface area contributed by atoms with Crippen molar-refractivity contribution in [3.8, 4) is 5.75 Å². The second-order valence-electron chi connectivity index (χ2n) is 5.16. The fourth-order valence-electron chi connectivity index (χ4n) is 2.21. The molecular formula is C19H15ClFNOS. The van der Waals surface area contributed by atoms with E-state index in [0.717, 1.165) is 15.4 Å². The van der Waals surface area contributed by atoms with E-state index in [-0.39, 0.29) is 5.75 Å². The molecule has 0 aliphatic carbocycles. The first kappa shape index (κ1) is 16.7. The zero-order valence-electron chi connectivity index (χ0n) is 12.7. The van der Waals surface area contributed by atoms with Gasteiger partial charge in [0.25, 0.3) is 0 Å². The van der Waals surface area contributed by atoms with Crippen molar-refractivity contribution in [2.24, 2.45) is 0 Å². The van der Waals surface area contributed by atoms with Crippen LogP contribution in [0.25, 0.3) is 0 Å². The van der Waals surface area contributed by atoms with Crippen molar-refractivity contribution >= 4 is 29.1 Å². The van der Waals surface area contributed by atoms with Crippen molar-refractivity contribution in [2.45, 2.75) is 16.3 Å². The molecule has 0 aromatic heterocycles. The zero-order chi connectivity index (χ0) is 16.9. The first-order valence-corrected chi connectivity index (χ1v) is 8.55. The Morgan fingerprint density at radius 2 is 1.67 bits per heavy atom. The topological polar surface area (TPSA) is 32.3 Å². The van der Waals surface area contributed by atoms with Crippen molar-refractivity contribution in [3.63, 3.8) is 0 Å². The Hall–Kier alpha value is -2.17. The van der Waals surface area contributed by atoms with Crippen LogP contribution in [-0.2, 0) is 6.54 Å². The van der Waals surface area contributed by atoms with Crippen LogP contribution in [-0.4, -0.2) is 5.11 Å². The maximum atomic E-state index is 13.4. The van der Waals surface area contributed by atoms with Crippen LogP contribution < -0.4 is 5.32 Å². The zero-order valence-corrected chi connectivity index (χ0v) is 14.2. The van der Waals surface area contributed by atoms with Crippen LogP contribution in [0.2, 0.25) is 5.02 Å². The number of hydrogen-bond acceptors (Lipinski definition) is 3. The van der Waals surface area contributed by atoms with Gasteiger partial charge in [0, 0.05) is 28.1 Å². The van der Waals surface area contributed by atoms with Gasteiger partial charge in [-0.05, 0) is 35.9 Å². The highest BCUT2D eigenvalue weighted by atomic mass is 35.5. The lowest BCUT2D eigenvalue weighted by Crippen LogP contribution is -2.01. The summed E-state index contributed by atoms with van der Waals surface area (Å²) < 4.78 is 13.4. The predicted octanol–water partition coefficient (Wildman–Crippen LogP) is 5.95. The first-order valence-electron chi connectivity index (χ1n) is 7.36. The molecule has 2 nitrogen and oxygen atoms in total. The van der Waals surface area contributed by atoms with Crippen molar-refractivity contribution in [3.05, 3.63) is 83.1 Å². The van der Waals surface area contributed by atoms with Gasteiger partial charge in [-0.25, -0.2) is 4.39 Å². The summed E-state index contributed by atoms with van der Waals surface area (Å²) in [5, 5.41) is 13.1. The van der Waals surface area contributed by atoms with Crippen LogP contribution in [0.15, 0.2) is 76.5 Å². The minimum atomic E-state index is -0.640. The van der Waals surface area contributed by atoms with Gasteiger partial charge in [0.1, 0.15) is 0 Å². The van der Waals surface area contributed by atoms with Crippen molar-refractivity contribution in [1.29, 1.82) is 0 Å². The summed E-state index contributed by atoms with van der Waals surface area (Å²) in [5.74, 6) is -0.992. The Bertz CT molecular complexity index is 856. The molecule has 0 bridgehead atoms. The molecule has 122 valence electrons. The van der Waals surface area contributed by atoms with E-state index in [1.165, 1.54) is 12.1 Å². The lowest BCUT2D eigenvalue weighted by Gasteiger charge is -2.12. The van der Waals surface area contributed by atoms with Gasteiger partial charge in [-0.2, -0.15) is 0 Å². The minimum absolute atomic E-state index is 0.352. The Balaban J connectivity index is 1.77. The van der Waals surface area contributed by atoms with E-state index in [9.17, 15) is 9.50 Å². The monoisotopic (exact) mass is 359 g/mol. The Labute approximate surface area is 149 Å².